The quantitative estimate of drug-likeness (QED) is 0.432. The smallest absolute Gasteiger partial charge is 0.237 e. The number of anilines is 1. The predicted molar refractivity (Wildman–Crippen MR) is 122 cm³/mol. The van der Waals surface area contributed by atoms with E-state index in [2.05, 4.69) is 25.5 Å². The lowest BCUT2D eigenvalue weighted by atomic mass is 10.1. The van der Waals surface area contributed by atoms with Crippen LogP contribution >= 0.6 is 23.5 Å². The van der Waals surface area contributed by atoms with Crippen molar-refractivity contribution in [3.05, 3.63) is 52.6 Å². The van der Waals surface area contributed by atoms with E-state index in [0.717, 1.165) is 39.2 Å². The molecule has 0 spiro atoms. The molecular formula is C21H26N6OS2. The van der Waals surface area contributed by atoms with Gasteiger partial charge in [-0.2, -0.15) is 0 Å². The van der Waals surface area contributed by atoms with E-state index in [0.29, 0.717) is 10.9 Å². The zero-order valence-electron chi connectivity index (χ0n) is 18.1. The van der Waals surface area contributed by atoms with Gasteiger partial charge in [-0.1, -0.05) is 41.7 Å². The van der Waals surface area contributed by atoms with E-state index < -0.39 is 0 Å². The van der Waals surface area contributed by atoms with Gasteiger partial charge in [-0.05, 0) is 51.8 Å². The molecule has 0 bridgehead atoms. The van der Waals surface area contributed by atoms with Gasteiger partial charge in [0.25, 0.3) is 0 Å². The lowest BCUT2D eigenvalue weighted by molar-refractivity contribution is -0.115. The summed E-state index contributed by atoms with van der Waals surface area (Å²) in [6, 6.07) is 7.92. The monoisotopic (exact) mass is 442 g/mol. The standard InChI is InChI=1S/C21H26N6OS2/c1-12-8-7-9-13(2)18(12)24-19(28)16(5)30-21-26-25-17(27(21)6)11-29-20-22-14(3)10-15(4)23-20/h7-10,16H,11H2,1-6H3,(H,24,28)/t16-/m0/s1. The highest BCUT2D eigenvalue weighted by molar-refractivity contribution is 8.00. The molecule has 7 nitrogen and oxygen atoms in total. The third kappa shape index (κ3) is 5.40. The van der Waals surface area contributed by atoms with E-state index in [1.54, 1.807) is 0 Å². The Labute approximate surface area is 185 Å². The Hall–Kier alpha value is -2.39. The first-order chi connectivity index (χ1) is 14.2. The second-order valence-electron chi connectivity index (χ2n) is 7.20. The van der Waals surface area contributed by atoms with Gasteiger partial charge in [0.2, 0.25) is 5.91 Å². The minimum atomic E-state index is -0.310. The Kier molecular flexibility index (Phi) is 7.14. The summed E-state index contributed by atoms with van der Waals surface area (Å²) >= 11 is 2.92. The van der Waals surface area contributed by atoms with Gasteiger partial charge >= 0.3 is 0 Å². The summed E-state index contributed by atoms with van der Waals surface area (Å²) in [6.07, 6.45) is 0. The number of benzene rings is 1. The molecule has 0 radical (unpaired) electrons. The van der Waals surface area contributed by atoms with Gasteiger partial charge in [-0.3, -0.25) is 4.79 Å². The fraction of sp³-hybridized carbons (Fsp3) is 0.381. The van der Waals surface area contributed by atoms with Crippen LogP contribution in [0.5, 0.6) is 0 Å². The Morgan fingerprint density at radius 2 is 1.73 bits per heavy atom. The molecule has 3 aromatic rings. The minimum Gasteiger partial charge on any atom is -0.325 e. The molecule has 2 heterocycles. The maximum absolute atomic E-state index is 12.7. The van der Waals surface area contributed by atoms with Crippen molar-refractivity contribution in [2.75, 3.05) is 5.32 Å². The molecule has 0 aliphatic carbocycles. The number of hydrogen-bond donors (Lipinski definition) is 1. The average molecular weight is 443 g/mol. The van der Waals surface area contributed by atoms with Crippen LogP contribution in [0.25, 0.3) is 0 Å². The molecular weight excluding hydrogens is 416 g/mol. The zero-order valence-corrected chi connectivity index (χ0v) is 19.7. The van der Waals surface area contributed by atoms with Crippen LogP contribution in [0.4, 0.5) is 5.69 Å². The summed E-state index contributed by atoms with van der Waals surface area (Å²) in [4.78, 5) is 21.6. The van der Waals surface area contributed by atoms with Gasteiger partial charge in [0.15, 0.2) is 10.3 Å². The van der Waals surface area contributed by atoms with Crippen LogP contribution in [0.15, 0.2) is 34.6 Å². The van der Waals surface area contributed by atoms with Crippen molar-refractivity contribution in [1.29, 1.82) is 0 Å². The summed E-state index contributed by atoms with van der Waals surface area (Å²) in [5.41, 5.74) is 4.86. The molecule has 30 heavy (non-hydrogen) atoms. The number of carbonyl (C=O) groups is 1. The number of para-hydroxylation sites is 1. The molecule has 0 aliphatic heterocycles. The largest absolute Gasteiger partial charge is 0.325 e. The highest BCUT2D eigenvalue weighted by Crippen LogP contribution is 2.26. The molecule has 1 amide bonds. The zero-order chi connectivity index (χ0) is 21.8. The molecule has 1 aromatic carbocycles. The Bertz CT molecular complexity index is 1030. The summed E-state index contributed by atoms with van der Waals surface area (Å²) in [5.74, 6) is 1.36. The Balaban J connectivity index is 1.63. The molecule has 9 heteroatoms. The first kappa shape index (κ1) is 22.3. The van der Waals surface area contributed by atoms with E-state index in [9.17, 15) is 4.79 Å². The molecule has 3 rings (SSSR count). The maximum Gasteiger partial charge on any atom is 0.237 e. The highest BCUT2D eigenvalue weighted by Gasteiger charge is 2.20. The number of amides is 1. The maximum atomic E-state index is 12.7. The van der Waals surface area contributed by atoms with Crippen molar-refractivity contribution in [2.24, 2.45) is 7.05 Å². The number of nitrogens with zero attached hydrogens (tertiary/aromatic N) is 5. The molecule has 2 aromatic heterocycles. The number of hydrogen-bond acceptors (Lipinski definition) is 7. The number of rotatable bonds is 7. The number of carbonyl (C=O) groups excluding carboxylic acids is 1. The Morgan fingerprint density at radius 3 is 2.37 bits per heavy atom. The summed E-state index contributed by atoms with van der Waals surface area (Å²) in [7, 11) is 1.91. The third-order valence-corrected chi connectivity index (χ3v) is 6.58. The molecule has 0 aliphatic rings. The highest BCUT2D eigenvalue weighted by atomic mass is 32.2. The molecule has 0 saturated heterocycles. The molecule has 1 N–H and O–H groups in total. The summed E-state index contributed by atoms with van der Waals surface area (Å²) < 4.78 is 1.92. The van der Waals surface area contributed by atoms with Crippen molar-refractivity contribution >= 4 is 35.1 Å². The van der Waals surface area contributed by atoms with Crippen molar-refractivity contribution < 1.29 is 4.79 Å². The van der Waals surface area contributed by atoms with Crippen LogP contribution in [0.2, 0.25) is 0 Å². The van der Waals surface area contributed by atoms with Gasteiger partial charge in [0, 0.05) is 24.1 Å². The molecule has 158 valence electrons. The van der Waals surface area contributed by atoms with Crippen LogP contribution in [-0.2, 0) is 17.6 Å². The average Bonchev–Trinajstić information content (AvgIpc) is 3.02. The fourth-order valence-corrected chi connectivity index (χ4v) is 4.67. The molecule has 0 unspecified atom stereocenters. The normalized spacial score (nSPS) is 12.1. The molecule has 0 saturated carbocycles. The van der Waals surface area contributed by atoms with Crippen molar-refractivity contribution in [2.45, 2.75) is 55.9 Å². The van der Waals surface area contributed by atoms with E-state index >= 15 is 0 Å². The number of nitrogens with one attached hydrogen (secondary N) is 1. The van der Waals surface area contributed by atoms with Gasteiger partial charge in [-0.15, -0.1) is 10.2 Å². The summed E-state index contributed by atoms with van der Waals surface area (Å²) in [5, 5.41) is 12.7. The van der Waals surface area contributed by atoms with Crippen LogP contribution in [0.3, 0.4) is 0 Å². The SMILES string of the molecule is Cc1cc(C)nc(SCc2nnc(S[C@@H](C)C(=O)Nc3c(C)cccc3C)n2C)n1. The number of thioether (sulfide) groups is 2. The van der Waals surface area contributed by atoms with E-state index in [-0.39, 0.29) is 11.2 Å². The molecule has 1 atom stereocenters. The first-order valence-electron chi connectivity index (χ1n) is 9.61. The van der Waals surface area contributed by atoms with Crippen LogP contribution in [0.1, 0.15) is 35.3 Å². The van der Waals surface area contributed by atoms with Crippen LogP contribution < -0.4 is 5.32 Å². The first-order valence-corrected chi connectivity index (χ1v) is 11.5. The lowest BCUT2D eigenvalue weighted by Gasteiger charge is -2.15. The fourth-order valence-electron chi connectivity index (χ4n) is 2.91. The predicted octanol–water partition coefficient (Wildman–Crippen LogP) is 4.25. The van der Waals surface area contributed by atoms with Crippen molar-refractivity contribution in [3.63, 3.8) is 0 Å². The van der Waals surface area contributed by atoms with Crippen molar-refractivity contribution in [1.82, 2.24) is 24.7 Å². The number of aryl methyl sites for hydroxylation is 4. The van der Waals surface area contributed by atoms with Gasteiger partial charge in [-0.25, -0.2) is 9.97 Å². The second kappa shape index (κ2) is 9.61. The minimum absolute atomic E-state index is 0.0556. The molecule has 0 fully saturated rings. The van der Waals surface area contributed by atoms with Gasteiger partial charge < -0.3 is 9.88 Å². The second-order valence-corrected chi connectivity index (χ2v) is 9.45. The third-order valence-electron chi connectivity index (χ3n) is 4.60. The number of aromatic nitrogens is 5. The van der Waals surface area contributed by atoms with Crippen LogP contribution in [0, 0.1) is 27.7 Å². The van der Waals surface area contributed by atoms with E-state index in [1.165, 1.54) is 23.5 Å². The lowest BCUT2D eigenvalue weighted by Crippen LogP contribution is -2.23. The Morgan fingerprint density at radius 1 is 1.10 bits per heavy atom. The van der Waals surface area contributed by atoms with E-state index in [1.807, 2.05) is 70.5 Å². The van der Waals surface area contributed by atoms with Gasteiger partial charge in [0.05, 0.1) is 11.0 Å². The van der Waals surface area contributed by atoms with Gasteiger partial charge in [0.1, 0.15) is 5.82 Å². The topological polar surface area (TPSA) is 85.6 Å². The van der Waals surface area contributed by atoms with Crippen molar-refractivity contribution in [3.8, 4) is 0 Å². The van der Waals surface area contributed by atoms with Crippen LogP contribution in [-0.4, -0.2) is 35.9 Å². The summed E-state index contributed by atoms with van der Waals surface area (Å²) in [6.45, 7) is 9.78. The van der Waals surface area contributed by atoms with E-state index in [4.69, 9.17) is 0 Å².